The largest absolute Gasteiger partial charge is 0.493 e. The molecule has 0 aliphatic carbocycles. The first-order valence-corrected chi connectivity index (χ1v) is 14.0. The molecule has 1 fully saturated rings. The molecule has 0 saturated carbocycles. The third kappa shape index (κ3) is 8.67. The maximum absolute atomic E-state index is 13.6. The Balaban J connectivity index is 1.54. The van der Waals surface area contributed by atoms with E-state index < -0.39 is 42.9 Å². The SMILES string of the molecule is COc1ccnc(C(=O)N[C@H]2CCC[C@H](Cc3ccc(F)cc3)[C@@H](Oc3ccccc3)[C@H](C)OC2=O)c1OCOC(C)=O. The second kappa shape index (κ2) is 15.0. The minimum absolute atomic E-state index is 0.0377. The van der Waals surface area contributed by atoms with Crippen LogP contribution in [-0.4, -0.2) is 55.0 Å². The minimum Gasteiger partial charge on any atom is -0.493 e. The fraction of sp³-hybridized carbons (Fsp3) is 0.375. The molecule has 4 rings (SSSR count). The Kier molecular flexibility index (Phi) is 10.9. The van der Waals surface area contributed by atoms with E-state index in [-0.39, 0.29) is 28.9 Å². The van der Waals surface area contributed by atoms with Gasteiger partial charge in [0.15, 0.2) is 17.2 Å². The molecular formula is C32H35FN2O8. The molecule has 0 unspecified atom stereocenters. The molecule has 0 bridgehead atoms. The summed E-state index contributed by atoms with van der Waals surface area (Å²) in [6.07, 6.45) is 2.27. The first-order chi connectivity index (χ1) is 20.7. The van der Waals surface area contributed by atoms with E-state index in [4.69, 9.17) is 23.7 Å². The van der Waals surface area contributed by atoms with Gasteiger partial charge in [0.05, 0.1) is 7.11 Å². The van der Waals surface area contributed by atoms with E-state index in [2.05, 4.69) is 10.3 Å². The standard InChI is InChI=1S/C32H35FN2O8/c1-20-29(43-25-9-5-4-6-10-25)23(18-22-12-14-24(33)15-13-22)8-7-11-26(32(38)42-20)35-31(37)28-30(41-19-40-21(2)36)27(39-3)16-17-34-28/h4-6,9-10,12-17,20,23,26,29H,7-8,11,18-19H2,1-3H3,(H,35,37)/t20-,23+,26-,29-/m0/s1. The number of methoxy groups -OCH3 is 1. The number of ether oxygens (including phenoxy) is 5. The van der Waals surface area contributed by atoms with Crippen LogP contribution < -0.4 is 19.5 Å². The number of carbonyl (C=O) groups excluding carboxylic acids is 3. The molecule has 3 aromatic rings. The molecule has 1 aromatic heterocycles. The summed E-state index contributed by atoms with van der Waals surface area (Å²) in [5.41, 5.74) is 0.785. The zero-order chi connectivity index (χ0) is 30.8. The van der Waals surface area contributed by atoms with Crippen LogP contribution in [0.4, 0.5) is 4.39 Å². The van der Waals surface area contributed by atoms with Crippen molar-refractivity contribution in [3.05, 3.63) is 83.9 Å². The zero-order valence-electron chi connectivity index (χ0n) is 24.3. The van der Waals surface area contributed by atoms with Crippen LogP contribution in [0.5, 0.6) is 17.2 Å². The van der Waals surface area contributed by atoms with E-state index in [1.54, 1.807) is 19.1 Å². The number of aromatic nitrogens is 1. The third-order valence-electron chi connectivity index (χ3n) is 7.08. The molecule has 1 amide bonds. The van der Waals surface area contributed by atoms with Crippen LogP contribution in [0.2, 0.25) is 0 Å². The molecule has 2 aromatic carbocycles. The lowest BCUT2D eigenvalue weighted by molar-refractivity contribution is -0.156. The van der Waals surface area contributed by atoms with Crippen LogP contribution in [0.1, 0.15) is 49.2 Å². The molecule has 0 radical (unpaired) electrons. The molecule has 1 aliphatic heterocycles. The predicted molar refractivity (Wildman–Crippen MR) is 153 cm³/mol. The van der Waals surface area contributed by atoms with Gasteiger partial charge in [-0.15, -0.1) is 0 Å². The van der Waals surface area contributed by atoms with Crippen LogP contribution in [0.3, 0.4) is 0 Å². The molecule has 1 N–H and O–H groups in total. The number of pyridine rings is 1. The number of esters is 2. The Morgan fingerprint density at radius 2 is 1.81 bits per heavy atom. The molecular weight excluding hydrogens is 559 g/mol. The van der Waals surface area contributed by atoms with Crippen molar-refractivity contribution in [1.82, 2.24) is 10.3 Å². The van der Waals surface area contributed by atoms with Crippen molar-refractivity contribution in [3.8, 4) is 17.2 Å². The predicted octanol–water partition coefficient (Wildman–Crippen LogP) is 4.65. The van der Waals surface area contributed by atoms with Crippen molar-refractivity contribution in [3.63, 3.8) is 0 Å². The lowest BCUT2D eigenvalue weighted by Gasteiger charge is -2.31. The number of halogens is 1. The minimum atomic E-state index is -0.980. The number of benzene rings is 2. The fourth-order valence-corrected chi connectivity index (χ4v) is 4.99. The number of hydrogen-bond donors (Lipinski definition) is 1. The van der Waals surface area contributed by atoms with Gasteiger partial charge in [-0.25, -0.2) is 14.2 Å². The Labute approximate surface area is 249 Å². The Morgan fingerprint density at radius 3 is 2.51 bits per heavy atom. The highest BCUT2D eigenvalue weighted by molar-refractivity contribution is 5.98. The average molecular weight is 595 g/mol. The lowest BCUT2D eigenvalue weighted by Crippen LogP contribution is -2.45. The number of amides is 1. The second-order valence-corrected chi connectivity index (χ2v) is 10.2. The van der Waals surface area contributed by atoms with E-state index in [0.29, 0.717) is 31.4 Å². The van der Waals surface area contributed by atoms with Gasteiger partial charge in [-0.05, 0) is 56.0 Å². The average Bonchev–Trinajstić information content (AvgIpc) is 3.04. The van der Waals surface area contributed by atoms with Crippen molar-refractivity contribution in [2.45, 2.75) is 57.8 Å². The van der Waals surface area contributed by atoms with Crippen LogP contribution in [0, 0.1) is 11.7 Å². The lowest BCUT2D eigenvalue weighted by atomic mass is 9.86. The molecule has 10 nitrogen and oxygen atoms in total. The van der Waals surface area contributed by atoms with Gasteiger partial charge in [0.1, 0.15) is 29.8 Å². The summed E-state index contributed by atoms with van der Waals surface area (Å²) in [6, 6.07) is 16.1. The molecule has 11 heteroatoms. The highest BCUT2D eigenvalue weighted by Gasteiger charge is 2.36. The Hall–Kier alpha value is -4.67. The van der Waals surface area contributed by atoms with E-state index in [9.17, 15) is 18.8 Å². The molecule has 1 saturated heterocycles. The van der Waals surface area contributed by atoms with Gasteiger partial charge < -0.3 is 29.0 Å². The van der Waals surface area contributed by atoms with E-state index in [1.807, 2.05) is 30.3 Å². The first-order valence-electron chi connectivity index (χ1n) is 14.0. The number of carbonyl (C=O) groups is 3. The highest BCUT2D eigenvalue weighted by Crippen LogP contribution is 2.31. The quantitative estimate of drug-likeness (QED) is 0.264. The van der Waals surface area contributed by atoms with Gasteiger partial charge in [-0.1, -0.05) is 36.8 Å². The third-order valence-corrected chi connectivity index (χ3v) is 7.08. The monoisotopic (exact) mass is 594 g/mol. The summed E-state index contributed by atoms with van der Waals surface area (Å²) >= 11 is 0. The van der Waals surface area contributed by atoms with Crippen molar-refractivity contribution in [2.24, 2.45) is 5.92 Å². The van der Waals surface area contributed by atoms with Crippen LogP contribution in [0.15, 0.2) is 66.9 Å². The molecule has 43 heavy (non-hydrogen) atoms. The van der Waals surface area contributed by atoms with E-state index in [1.165, 1.54) is 38.4 Å². The van der Waals surface area contributed by atoms with Crippen molar-refractivity contribution in [2.75, 3.05) is 13.9 Å². The topological polar surface area (TPSA) is 122 Å². The maximum Gasteiger partial charge on any atom is 0.329 e. The maximum atomic E-state index is 13.6. The summed E-state index contributed by atoms with van der Waals surface area (Å²) in [4.78, 5) is 42.1. The summed E-state index contributed by atoms with van der Waals surface area (Å²) in [5.74, 6) is -1.48. The summed E-state index contributed by atoms with van der Waals surface area (Å²) in [7, 11) is 1.39. The van der Waals surface area contributed by atoms with Gasteiger partial charge in [-0.2, -0.15) is 0 Å². The fourth-order valence-electron chi connectivity index (χ4n) is 4.99. The van der Waals surface area contributed by atoms with E-state index >= 15 is 0 Å². The molecule has 4 atom stereocenters. The number of para-hydroxylation sites is 1. The summed E-state index contributed by atoms with van der Waals surface area (Å²) < 4.78 is 41.5. The highest BCUT2D eigenvalue weighted by atomic mass is 19.1. The smallest absolute Gasteiger partial charge is 0.329 e. The van der Waals surface area contributed by atoms with Gasteiger partial charge in [0, 0.05) is 25.1 Å². The van der Waals surface area contributed by atoms with Crippen molar-refractivity contribution < 1.29 is 42.5 Å². The second-order valence-electron chi connectivity index (χ2n) is 10.2. The first kappa shape index (κ1) is 31.3. The van der Waals surface area contributed by atoms with E-state index in [0.717, 1.165) is 5.56 Å². The molecule has 2 heterocycles. The Bertz CT molecular complexity index is 1390. The number of nitrogens with one attached hydrogen (secondary N) is 1. The van der Waals surface area contributed by atoms with Crippen LogP contribution >= 0.6 is 0 Å². The summed E-state index contributed by atoms with van der Waals surface area (Å²) in [5, 5.41) is 2.73. The number of nitrogens with zero attached hydrogens (tertiary/aromatic N) is 1. The number of hydrogen-bond acceptors (Lipinski definition) is 9. The molecule has 0 spiro atoms. The molecule has 1 aliphatic rings. The number of cyclic esters (lactones) is 1. The van der Waals surface area contributed by atoms with Gasteiger partial charge in [-0.3, -0.25) is 9.59 Å². The number of rotatable bonds is 10. The normalized spacial score (nSPS) is 20.4. The summed E-state index contributed by atoms with van der Waals surface area (Å²) in [6.45, 7) is 2.53. The van der Waals surface area contributed by atoms with Crippen molar-refractivity contribution in [1.29, 1.82) is 0 Å². The van der Waals surface area contributed by atoms with Crippen LogP contribution in [-0.2, 0) is 25.5 Å². The zero-order valence-corrected chi connectivity index (χ0v) is 24.3. The Morgan fingerprint density at radius 1 is 1.07 bits per heavy atom. The van der Waals surface area contributed by atoms with Crippen LogP contribution in [0.25, 0.3) is 0 Å². The molecule has 228 valence electrons. The van der Waals surface area contributed by atoms with Gasteiger partial charge >= 0.3 is 11.9 Å². The van der Waals surface area contributed by atoms with Gasteiger partial charge in [0.2, 0.25) is 6.79 Å². The van der Waals surface area contributed by atoms with Crippen molar-refractivity contribution >= 4 is 17.8 Å². The van der Waals surface area contributed by atoms with Gasteiger partial charge in [0.25, 0.3) is 5.91 Å².